The van der Waals surface area contributed by atoms with Crippen LogP contribution >= 0.6 is 0 Å². The molecule has 2 rings (SSSR count). The fourth-order valence-corrected chi connectivity index (χ4v) is 3.82. The van der Waals surface area contributed by atoms with Gasteiger partial charge in [-0.2, -0.15) is 0 Å². The molecule has 0 radical (unpaired) electrons. The van der Waals surface area contributed by atoms with Gasteiger partial charge in [0.15, 0.2) is 0 Å². The number of nitrogens with one attached hydrogen (secondary N) is 1. The Hall–Kier alpha value is -0.0800. The highest BCUT2D eigenvalue weighted by Gasteiger charge is 2.66. The minimum atomic E-state index is 0.492. The highest BCUT2D eigenvalue weighted by Crippen LogP contribution is 2.65. The molecule has 1 N–H and O–H groups in total. The fraction of sp³-hybridized carbons (Fsp3) is 1.00. The Morgan fingerprint density at radius 2 is 1.29 bits per heavy atom. The van der Waals surface area contributed by atoms with Crippen LogP contribution in [0.4, 0.5) is 0 Å². The van der Waals surface area contributed by atoms with E-state index in [0.717, 1.165) is 6.04 Å². The van der Waals surface area contributed by atoms with Crippen molar-refractivity contribution in [3.05, 3.63) is 0 Å². The molecule has 1 aliphatic carbocycles. The van der Waals surface area contributed by atoms with Crippen molar-refractivity contribution in [3.63, 3.8) is 0 Å². The van der Waals surface area contributed by atoms with Gasteiger partial charge < -0.3 is 5.32 Å². The first-order chi connectivity index (χ1) is 7.76. The van der Waals surface area contributed by atoms with E-state index in [2.05, 4.69) is 51.8 Å². The summed E-state index contributed by atoms with van der Waals surface area (Å²) >= 11 is 0. The topological polar surface area (TPSA) is 15.3 Å². The lowest BCUT2D eigenvalue weighted by molar-refractivity contribution is 0.184. The summed E-state index contributed by atoms with van der Waals surface area (Å²) < 4.78 is 0. The molecule has 1 saturated carbocycles. The quantitative estimate of drug-likeness (QED) is 0.755. The van der Waals surface area contributed by atoms with Crippen LogP contribution in [0.5, 0.6) is 0 Å². The van der Waals surface area contributed by atoms with Gasteiger partial charge in [-0.1, -0.05) is 27.7 Å². The molecule has 0 aromatic carbocycles. The first-order valence-electron chi connectivity index (χ1n) is 7.27. The predicted octanol–water partition coefficient (Wildman–Crippen LogP) is 2.88. The molecule has 0 aromatic rings. The van der Waals surface area contributed by atoms with Crippen molar-refractivity contribution in [1.29, 1.82) is 0 Å². The summed E-state index contributed by atoms with van der Waals surface area (Å²) in [5.41, 5.74) is 0.984. The number of rotatable bonds is 1. The van der Waals surface area contributed by atoms with Gasteiger partial charge in [0.05, 0.1) is 0 Å². The van der Waals surface area contributed by atoms with Crippen molar-refractivity contribution in [2.75, 3.05) is 13.1 Å². The van der Waals surface area contributed by atoms with E-state index in [1.807, 2.05) is 0 Å². The molecule has 0 spiro atoms. The normalized spacial score (nSPS) is 38.5. The molecular formula is C15H30N2. The van der Waals surface area contributed by atoms with Gasteiger partial charge in [0, 0.05) is 18.1 Å². The van der Waals surface area contributed by atoms with Gasteiger partial charge in [-0.25, -0.2) is 0 Å². The maximum absolute atomic E-state index is 3.68. The molecule has 0 aromatic heterocycles. The highest BCUT2D eigenvalue weighted by atomic mass is 15.2. The maximum atomic E-state index is 3.68. The van der Waals surface area contributed by atoms with E-state index in [-0.39, 0.29) is 0 Å². The van der Waals surface area contributed by atoms with Gasteiger partial charge in [0.1, 0.15) is 0 Å². The van der Waals surface area contributed by atoms with Gasteiger partial charge in [-0.15, -0.1) is 0 Å². The van der Waals surface area contributed by atoms with Crippen molar-refractivity contribution >= 4 is 0 Å². The fourth-order valence-electron chi connectivity index (χ4n) is 3.82. The lowest BCUT2D eigenvalue weighted by atomic mass is 10.0. The number of hydrogen-bond acceptors (Lipinski definition) is 2. The second-order valence-electron chi connectivity index (χ2n) is 7.43. The summed E-state index contributed by atoms with van der Waals surface area (Å²) in [6.07, 6.45) is 2.57. The van der Waals surface area contributed by atoms with E-state index in [1.165, 1.54) is 25.9 Å². The molecule has 2 aliphatic rings. The average Bonchev–Trinajstić information content (AvgIpc) is 2.57. The van der Waals surface area contributed by atoms with E-state index in [1.54, 1.807) is 0 Å². The second kappa shape index (κ2) is 4.24. The monoisotopic (exact) mass is 238 g/mol. The lowest BCUT2D eigenvalue weighted by Gasteiger charge is -2.32. The molecule has 2 heteroatoms. The number of hydrogen-bond donors (Lipinski definition) is 1. The van der Waals surface area contributed by atoms with E-state index in [0.29, 0.717) is 22.9 Å². The van der Waals surface area contributed by atoms with Crippen LogP contribution in [0.2, 0.25) is 0 Å². The van der Waals surface area contributed by atoms with E-state index < -0.39 is 0 Å². The van der Waals surface area contributed by atoms with E-state index >= 15 is 0 Å². The molecule has 17 heavy (non-hydrogen) atoms. The third kappa shape index (κ3) is 2.26. The van der Waals surface area contributed by atoms with Crippen LogP contribution in [0.1, 0.15) is 54.4 Å². The smallest absolute Gasteiger partial charge is 0.0209 e. The molecular weight excluding hydrogens is 208 g/mol. The van der Waals surface area contributed by atoms with Crippen LogP contribution < -0.4 is 5.32 Å². The predicted molar refractivity (Wildman–Crippen MR) is 74.2 cm³/mol. The summed E-state index contributed by atoms with van der Waals surface area (Å²) in [5, 5.41) is 3.68. The summed E-state index contributed by atoms with van der Waals surface area (Å²) in [4.78, 5) is 2.76. The Bertz CT molecular complexity index is 257. The standard InChI is InChI=1S/C15H30N2/c1-11-7-9-17(10-8-12(2)16-11)13-14(3,4)15(13,5)6/h11-13,16H,7-10H2,1-6H3. The minimum absolute atomic E-state index is 0.492. The Labute approximate surface area is 107 Å². The van der Waals surface area contributed by atoms with Crippen molar-refractivity contribution < 1.29 is 0 Å². The van der Waals surface area contributed by atoms with Gasteiger partial charge >= 0.3 is 0 Å². The Morgan fingerprint density at radius 3 is 1.65 bits per heavy atom. The first-order valence-corrected chi connectivity index (χ1v) is 7.27. The van der Waals surface area contributed by atoms with Crippen LogP contribution in [0.15, 0.2) is 0 Å². The van der Waals surface area contributed by atoms with Gasteiger partial charge in [-0.05, 0) is 50.6 Å². The van der Waals surface area contributed by atoms with Gasteiger partial charge in [0.2, 0.25) is 0 Å². The van der Waals surface area contributed by atoms with Crippen LogP contribution in [-0.4, -0.2) is 36.1 Å². The van der Waals surface area contributed by atoms with Crippen LogP contribution in [0, 0.1) is 10.8 Å². The summed E-state index contributed by atoms with van der Waals surface area (Å²) in [7, 11) is 0. The first kappa shape index (κ1) is 13.4. The van der Waals surface area contributed by atoms with Crippen LogP contribution in [0.25, 0.3) is 0 Å². The molecule has 2 unspecified atom stereocenters. The molecule has 2 nitrogen and oxygen atoms in total. The number of nitrogens with zero attached hydrogens (tertiary/aromatic N) is 1. The largest absolute Gasteiger partial charge is 0.312 e. The van der Waals surface area contributed by atoms with Crippen molar-refractivity contribution in [2.45, 2.75) is 72.5 Å². The SMILES string of the molecule is CC1CCN(C2C(C)(C)C2(C)C)CCC(C)N1. The third-order valence-electron chi connectivity index (χ3n) is 5.58. The maximum Gasteiger partial charge on any atom is 0.0209 e. The molecule has 0 bridgehead atoms. The van der Waals surface area contributed by atoms with E-state index in [4.69, 9.17) is 0 Å². The van der Waals surface area contributed by atoms with Gasteiger partial charge in [0.25, 0.3) is 0 Å². The molecule has 1 aliphatic heterocycles. The molecule has 2 fully saturated rings. The Kier molecular flexibility index (Phi) is 3.33. The lowest BCUT2D eigenvalue weighted by Crippen LogP contribution is -2.44. The van der Waals surface area contributed by atoms with Crippen molar-refractivity contribution in [3.8, 4) is 0 Å². The average molecular weight is 238 g/mol. The Morgan fingerprint density at radius 1 is 0.882 bits per heavy atom. The summed E-state index contributed by atoms with van der Waals surface area (Å²) in [6, 6.07) is 2.11. The Balaban J connectivity index is 2.02. The molecule has 1 saturated heterocycles. The molecule has 100 valence electrons. The zero-order valence-corrected chi connectivity index (χ0v) is 12.5. The minimum Gasteiger partial charge on any atom is -0.312 e. The van der Waals surface area contributed by atoms with Crippen molar-refractivity contribution in [2.24, 2.45) is 10.8 Å². The van der Waals surface area contributed by atoms with Crippen LogP contribution in [0.3, 0.4) is 0 Å². The zero-order valence-electron chi connectivity index (χ0n) is 12.5. The van der Waals surface area contributed by atoms with Crippen molar-refractivity contribution in [1.82, 2.24) is 10.2 Å². The second-order valence-corrected chi connectivity index (χ2v) is 7.43. The molecule has 1 heterocycles. The molecule has 0 amide bonds. The molecule has 2 atom stereocenters. The summed E-state index contributed by atoms with van der Waals surface area (Å²) in [6.45, 7) is 16.9. The third-order valence-corrected chi connectivity index (χ3v) is 5.58. The highest BCUT2D eigenvalue weighted by molar-refractivity contribution is 5.18. The summed E-state index contributed by atoms with van der Waals surface area (Å²) in [5.74, 6) is 0. The van der Waals surface area contributed by atoms with Gasteiger partial charge in [-0.3, -0.25) is 4.90 Å². The van der Waals surface area contributed by atoms with Crippen LogP contribution in [-0.2, 0) is 0 Å². The van der Waals surface area contributed by atoms with E-state index in [9.17, 15) is 0 Å². The zero-order chi connectivity index (χ0) is 12.8.